The summed E-state index contributed by atoms with van der Waals surface area (Å²) in [5.74, 6) is 0.261. The predicted octanol–water partition coefficient (Wildman–Crippen LogP) is 1.51. The van der Waals surface area contributed by atoms with E-state index in [1.54, 1.807) is 12.0 Å². The molecule has 5 heteroatoms. The van der Waals surface area contributed by atoms with Gasteiger partial charge in [0.2, 0.25) is 5.91 Å². The van der Waals surface area contributed by atoms with Crippen molar-refractivity contribution >= 4 is 11.8 Å². The standard InChI is InChI=1S/C16H22N2O3/c1-9-5-12(6-10(2)14(9)21-4)16(20)18-7-11(3)13(8-18)15(17)19/h5-6,11,13H,7-8H2,1-4H3,(H2,17,19)/t11-,13-/m1/s1. The van der Waals surface area contributed by atoms with Gasteiger partial charge < -0.3 is 15.4 Å². The molecular formula is C16H22N2O3. The Hall–Kier alpha value is -2.04. The Bertz CT molecular complexity index is 560. The average molecular weight is 290 g/mol. The molecule has 0 unspecified atom stereocenters. The molecule has 5 nitrogen and oxygen atoms in total. The van der Waals surface area contributed by atoms with Crippen LogP contribution in [0.5, 0.6) is 5.75 Å². The lowest BCUT2D eigenvalue weighted by molar-refractivity contribution is -0.122. The summed E-state index contributed by atoms with van der Waals surface area (Å²) >= 11 is 0. The summed E-state index contributed by atoms with van der Waals surface area (Å²) in [5, 5.41) is 0. The molecule has 21 heavy (non-hydrogen) atoms. The first-order chi connectivity index (χ1) is 9.85. The number of hydrogen-bond donors (Lipinski definition) is 1. The molecule has 2 N–H and O–H groups in total. The van der Waals surface area contributed by atoms with Crippen molar-refractivity contribution in [1.29, 1.82) is 0 Å². The topological polar surface area (TPSA) is 72.6 Å². The number of rotatable bonds is 3. The first-order valence-electron chi connectivity index (χ1n) is 7.09. The maximum absolute atomic E-state index is 12.6. The molecule has 1 aliphatic heterocycles. The van der Waals surface area contributed by atoms with Gasteiger partial charge in [0, 0.05) is 18.7 Å². The molecule has 1 fully saturated rings. The Morgan fingerprint density at radius 2 is 1.81 bits per heavy atom. The Balaban J connectivity index is 2.24. The van der Waals surface area contributed by atoms with Gasteiger partial charge in [0.15, 0.2) is 0 Å². The van der Waals surface area contributed by atoms with Crippen LogP contribution >= 0.6 is 0 Å². The van der Waals surface area contributed by atoms with Crippen molar-refractivity contribution in [3.8, 4) is 5.75 Å². The Labute approximate surface area is 125 Å². The number of ether oxygens (including phenoxy) is 1. The fourth-order valence-electron chi connectivity index (χ4n) is 3.08. The molecular weight excluding hydrogens is 268 g/mol. The van der Waals surface area contributed by atoms with Crippen LogP contribution in [0.1, 0.15) is 28.4 Å². The Morgan fingerprint density at radius 1 is 1.24 bits per heavy atom. The molecule has 0 aliphatic carbocycles. The van der Waals surface area contributed by atoms with E-state index in [-0.39, 0.29) is 23.7 Å². The van der Waals surface area contributed by atoms with Crippen molar-refractivity contribution < 1.29 is 14.3 Å². The van der Waals surface area contributed by atoms with Crippen LogP contribution in [0.2, 0.25) is 0 Å². The lowest BCUT2D eigenvalue weighted by Crippen LogP contribution is -2.32. The lowest BCUT2D eigenvalue weighted by atomic mass is 9.98. The zero-order chi connectivity index (χ0) is 15.7. The van der Waals surface area contributed by atoms with Crippen LogP contribution in [0.25, 0.3) is 0 Å². The van der Waals surface area contributed by atoms with E-state index in [2.05, 4.69) is 0 Å². The number of aryl methyl sites for hydroxylation is 2. The van der Waals surface area contributed by atoms with Crippen LogP contribution in [-0.2, 0) is 4.79 Å². The van der Waals surface area contributed by atoms with Crippen molar-refractivity contribution in [3.05, 3.63) is 28.8 Å². The smallest absolute Gasteiger partial charge is 0.253 e. The monoisotopic (exact) mass is 290 g/mol. The van der Waals surface area contributed by atoms with Gasteiger partial charge in [-0.2, -0.15) is 0 Å². The van der Waals surface area contributed by atoms with Gasteiger partial charge >= 0.3 is 0 Å². The van der Waals surface area contributed by atoms with Gasteiger partial charge in [0.05, 0.1) is 13.0 Å². The SMILES string of the molecule is COc1c(C)cc(C(=O)N2C[C@@H](C)[C@H](C(N)=O)C2)cc1C. The number of carbonyl (C=O) groups excluding carboxylic acids is 2. The Morgan fingerprint density at radius 3 is 2.24 bits per heavy atom. The van der Waals surface area contributed by atoms with Crippen molar-refractivity contribution in [3.63, 3.8) is 0 Å². The maximum Gasteiger partial charge on any atom is 0.253 e. The third kappa shape index (κ3) is 2.86. The summed E-state index contributed by atoms with van der Waals surface area (Å²) in [5.41, 5.74) is 7.87. The minimum absolute atomic E-state index is 0.0561. The summed E-state index contributed by atoms with van der Waals surface area (Å²) in [6.07, 6.45) is 0. The summed E-state index contributed by atoms with van der Waals surface area (Å²) in [6, 6.07) is 3.66. The van der Waals surface area contributed by atoms with Crippen LogP contribution in [0, 0.1) is 25.7 Å². The quantitative estimate of drug-likeness (QED) is 0.917. The van der Waals surface area contributed by atoms with Gasteiger partial charge in [-0.3, -0.25) is 9.59 Å². The molecule has 114 valence electrons. The molecule has 2 rings (SSSR count). The minimum Gasteiger partial charge on any atom is -0.496 e. The third-order valence-electron chi connectivity index (χ3n) is 4.18. The van der Waals surface area contributed by atoms with E-state index >= 15 is 0 Å². The fourth-order valence-corrected chi connectivity index (χ4v) is 3.08. The first-order valence-corrected chi connectivity index (χ1v) is 7.09. The van der Waals surface area contributed by atoms with E-state index in [0.29, 0.717) is 18.7 Å². The lowest BCUT2D eigenvalue weighted by Gasteiger charge is -2.18. The number of benzene rings is 1. The third-order valence-corrected chi connectivity index (χ3v) is 4.18. The summed E-state index contributed by atoms with van der Waals surface area (Å²) in [7, 11) is 1.62. The maximum atomic E-state index is 12.6. The Kier molecular flexibility index (Phi) is 4.21. The number of carbonyl (C=O) groups is 2. The number of likely N-dealkylation sites (tertiary alicyclic amines) is 1. The molecule has 1 aromatic carbocycles. The van der Waals surface area contributed by atoms with Gasteiger partial charge in [-0.1, -0.05) is 6.92 Å². The molecule has 0 spiro atoms. The van der Waals surface area contributed by atoms with Crippen LogP contribution in [0.3, 0.4) is 0 Å². The fraction of sp³-hybridized carbons (Fsp3) is 0.500. The molecule has 0 aromatic heterocycles. The highest BCUT2D eigenvalue weighted by molar-refractivity contribution is 5.95. The highest BCUT2D eigenvalue weighted by Gasteiger charge is 2.36. The van der Waals surface area contributed by atoms with E-state index in [0.717, 1.165) is 16.9 Å². The summed E-state index contributed by atoms with van der Waals surface area (Å²) < 4.78 is 5.32. The second kappa shape index (κ2) is 5.76. The molecule has 1 aromatic rings. The van der Waals surface area contributed by atoms with Crippen molar-refractivity contribution in [2.75, 3.05) is 20.2 Å². The highest BCUT2D eigenvalue weighted by atomic mass is 16.5. The molecule has 1 heterocycles. The van der Waals surface area contributed by atoms with Crippen molar-refractivity contribution in [2.24, 2.45) is 17.6 Å². The largest absolute Gasteiger partial charge is 0.496 e. The summed E-state index contributed by atoms with van der Waals surface area (Å²) in [4.78, 5) is 25.7. The molecule has 1 saturated heterocycles. The van der Waals surface area contributed by atoms with Gasteiger partial charge in [-0.15, -0.1) is 0 Å². The molecule has 0 saturated carbocycles. The van der Waals surface area contributed by atoms with E-state index < -0.39 is 0 Å². The second-order valence-electron chi connectivity index (χ2n) is 5.84. The van der Waals surface area contributed by atoms with Gasteiger partial charge in [-0.25, -0.2) is 0 Å². The zero-order valence-corrected chi connectivity index (χ0v) is 13.0. The highest BCUT2D eigenvalue weighted by Crippen LogP contribution is 2.28. The number of nitrogens with zero attached hydrogens (tertiary/aromatic N) is 1. The van der Waals surface area contributed by atoms with E-state index in [1.807, 2.05) is 32.9 Å². The molecule has 1 aliphatic rings. The molecule has 2 atom stereocenters. The number of methoxy groups -OCH3 is 1. The zero-order valence-electron chi connectivity index (χ0n) is 13.0. The van der Waals surface area contributed by atoms with Gasteiger partial charge in [-0.05, 0) is 43.0 Å². The van der Waals surface area contributed by atoms with Crippen molar-refractivity contribution in [2.45, 2.75) is 20.8 Å². The molecule has 0 radical (unpaired) electrons. The first kappa shape index (κ1) is 15.4. The van der Waals surface area contributed by atoms with Crippen LogP contribution < -0.4 is 10.5 Å². The van der Waals surface area contributed by atoms with Crippen molar-refractivity contribution in [1.82, 2.24) is 4.90 Å². The predicted molar refractivity (Wildman–Crippen MR) is 80.2 cm³/mol. The normalized spacial score (nSPS) is 21.4. The molecule has 0 bridgehead atoms. The van der Waals surface area contributed by atoms with Crippen LogP contribution in [0.15, 0.2) is 12.1 Å². The average Bonchev–Trinajstić information content (AvgIpc) is 2.79. The van der Waals surface area contributed by atoms with Gasteiger partial charge in [0.1, 0.15) is 5.75 Å². The number of primary amides is 1. The van der Waals surface area contributed by atoms with E-state index in [1.165, 1.54) is 0 Å². The number of amides is 2. The van der Waals surface area contributed by atoms with E-state index in [4.69, 9.17) is 10.5 Å². The van der Waals surface area contributed by atoms with Crippen LogP contribution in [-0.4, -0.2) is 36.9 Å². The number of hydrogen-bond acceptors (Lipinski definition) is 3. The van der Waals surface area contributed by atoms with E-state index in [9.17, 15) is 9.59 Å². The van der Waals surface area contributed by atoms with Crippen LogP contribution in [0.4, 0.5) is 0 Å². The van der Waals surface area contributed by atoms with Gasteiger partial charge in [0.25, 0.3) is 5.91 Å². The molecule has 2 amide bonds. The minimum atomic E-state index is -0.333. The number of nitrogens with two attached hydrogens (primary N) is 1. The second-order valence-corrected chi connectivity index (χ2v) is 5.84. The summed E-state index contributed by atoms with van der Waals surface area (Å²) in [6.45, 7) is 6.76.